The third kappa shape index (κ3) is 3.74. The molecule has 0 fully saturated rings. The van der Waals surface area contributed by atoms with Crippen LogP contribution in [0.25, 0.3) is 0 Å². The van der Waals surface area contributed by atoms with Crippen LogP contribution < -0.4 is 10.6 Å². The number of hydrogen-bond acceptors (Lipinski definition) is 2. The lowest BCUT2D eigenvalue weighted by atomic mass is 10.3. The van der Waals surface area contributed by atoms with Crippen molar-refractivity contribution in [3.63, 3.8) is 0 Å². The zero-order chi connectivity index (χ0) is 12.1. The molecule has 3 nitrogen and oxygen atoms in total. The van der Waals surface area contributed by atoms with Crippen LogP contribution in [-0.2, 0) is 4.79 Å². The van der Waals surface area contributed by atoms with Crippen LogP contribution in [0.4, 0.5) is 5.69 Å². The van der Waals surface area contributed by atoms with Crippen LogP contribution in [0.3, 0.4) is 0 Å². The number of amides is 1. The second-order valence-corrected chi connectivity index (χ2v) is 4.35. The van der Waals surface area contributed by atoms with E-state index in [1.807, 2.05) is 0 Å². The van der Waals surface area contributed by atoms with Gasteiger partial charge in [0.2, 0.25) is 5.91 Å². The van der Waals surface area contributed by atoms with Crippen molar-refractivity contribution in [2.75, 3.05) is 18.9 Å². The van der Waals surface area contributed by atoms with Crippen LogP contribution in [0, 0.1) is 0 Å². The van der Waals surface area contributed by atoms with Crippen molar-refractivity contribution in [2.24, 2.45) is 0 Å². The lowest BCUT2D eigenvalue weighted by Crippen LogP contribution is -2.20. The Labute approximate surface area is 109 Å². The molecule has 0 aromatic heterocycles. The molecule has 0 aliphatic rings. The van der Waals surface area contributed by atoms with E-state index in [1.54, 1.807) is 19.2 Å². The summed E-state index contributed by atoms with van der Waals surface area (Å²) in [5.74, 6) is -0.0475. The summed E-state index contributed by atoms with van der Waals surface area (Å²) in [6.45, 7) is 0.459. The second-order valence-electron chi connectivity index (χ2n) is 3.09. The Morgan fingerprint density at radius 2 is 1.81 bits per heavy atom. The molecule has 0 atom stereocenters. The molecule has 2 N–H and O–H groups in total. The maximum absolute atomic E-state index is 11.0. The van der Waals surface area contributed by atoms with Gasteiger partial charge in [-0.15, -0.1) is 0 Å². The Morgan fingerprint density at radius 3 is 2.31 bits per heavy atom. The molecule has 0 spiro atoms. The first-order chi connectivity index (χ1) is 7.54. The Hall–Kier alpha value is -0.640. The molecule has 0 unspecified atom stereocenters. The van der Waals surface area contributed by atoms with Gasteiger partial charge in [-0.3, -0.25) is 4.79 Å². The van der Waals surface area contributed by atoms with E-state index in [0.29, 0.717) is 33.7 Å². The van der Waals surface area contributed by atoms with Crippen molar-refractivity contribution in [2.45, 2.75) is 6.42 Å². The van der Waals surface area contributed by atoms with Gasteiger partial charge in [0.25, 0.3) is 0 Å². The van der Waals surface area contributed by atoms with Crippen LogP contribution in [0.1, 0.15) is 6.42 Å². The Morgan fingerprint density at radius 1 is 1.25 bits per heavy atom. The van der Waals surface area contributed by atoms with Crippen molar-refractivity contribution in [1.82, 2.24) is 5.32 Å². The molecule has 1 aromatic rings. The molecule has 0 saturated carbocycles. The van der Waals surface area contributed by atoms with Crippen LogP contribution in [0.15, 0.2) is 12.1 Å². The van der Waals surface area contributed by atoms with Crippen molar-refractivity contribution in [1.29, 1.82) is 0 Å². The molecule has 1 rings (SSSR count). The molecule has 0 aliphatic heterocycles. The van der Waals surface area contributed by atoms with E-state index in [2.05, 4.69) is 10.6 Å². The summed E-state index contributed by atoms with van der Waals surface area (Å²) in [6.07, 6.45) is 0.353. The lowest BCUT2D eigenvalue weighted by Gasteiger charge is -2.10. The maximum atomic E-state index is 11.0. The fourth-order valence-electron chi connectivity index (χ4n) is 1.14. The highest BCUT2D eigenvalue weighted by atomic mass is 35.5. The number of benzene rings is 1. The van der Waals surface area contributed by atoms with E-state index in [9.17, 15) is 4.79 Å². The van der Waals surface area contributed by atoms with Gasteiger partial charge >= 0.3 is 0 Å². The Balaban J connectivity index is 2.64. The Kier molecular flexibility index (Phi) is 5.19. The van der Waals surface area contributed by atoms with Crippen LogP contribution >= 0.6 is 34.8 Å². The van der Waals surface area contributed by atoms with Crippen LogP contribution in [-0.4, -0.2) is 19.5 Å². The highest BCUT2D eigenvalue weighted by Crippen LogP contribution is 2.33. The Bertz CT molecular complexity index is 373. The molecule has 0 radical (unpaired) electrons. The fourth-order valence-corrected chi connectivity index (χ4v) is 2.09. The zero-order valence-electron chi connectivity index (χ0n) is 8.61. The van der Waals surface area contributed by atoms with E-state index in [1.165, 1.54) is 0 Å². The number of carbonyl (C=O) groups is 1. The first-order valence-electron chi connectivity index (χ1n) is 4.63. The first kappa shape index (κ1) is 13.4. The average molecular weight is 282 g/mol. The minimum Gasteiger partial charge on any atom is -0.382 e. The molecular weight excluding hydrogens is 270 g/mol. The van der Waals surface area contributed by atoms with Crippen molar-refractivity contribution < 1.29 is 4.79 Å². The van der Waals surface area contributed by atoms with Crippen LogP contribution in [0.2, 0.25) is 15.1 Å². The van der Waals surface area contributed by atoms with Gasteiger partial charge in [0.05, 0.1) is 15.7 Å². The summed E-state index contributed by atoms with van der Waals surface area (Å²) in [7, 11) is 1.59. The fraction of sp³-hybridized carbons (Fsp3) is 0.300. The summed E-state index contributed by atoms with van der Waals surface area (Å²) < 4.78 is 0. The minimum absolute atomic E-state index is 0.0475. The van der Waals surface area contributed by atoms with E-state index in [-0.39, 0.29) is 5.91 Å². The molecule has 0 aliphatic carbocycles. The van der Waals surface area contributed by atoms with Gasteiger partial charge in [0.15, 0.2) is 0 Å². The van der Waals surface area contributed by atoms with Gasteiger partial charge in [-0.05, 0) is 12.1 Å². The maximum Gasteiger partial charge on any atom is 0.221 e. The quantitative estimate of drug-likeness (QED) is 0.890. The molecule has 88 valence electrons. The number of hydrogen-bond donors (Lipinski definition) is 2. The number of nitrogens with one attached hydrogen (secondary N) is 2. The number of anilines is 1. The van der Waals surface area contributed by atoms with Gasteiger partial charge < -0.3 is 10.6 Å². The summed E-state index contributed by atoms with van der Waals surface area (Å²) in [5.41, 5.74) is 0.594. The third-order valence-electron chi connectivity index (χ3n) is 1.94. The molecule has 16 heavy (non-hydrogen) atoms. The number of halogens is 3. The summed E-state index contributed by atoms with van der Waals surface area (Å²) in [4.78, 5) is 11.0. The second kappa shape index (κ2) is 6.18. The summed E-state index contributed by atoms with van der Waals surface area (Å²) in [5, 5.41) is 6.87. The van der Waals surface area contributed by atoms with E-state index in [0.717, 1.165) is 0 Å². The summed E-state index contributed by atoms with van der Waals surface area (Å²) >= 11 is 17.7. The largest absolute Gasteiger partial charge is 0.382 e. The molecule has 1 amide bonds. The number of carbonyl (C=O) groups excluding carboxylic acids is 1. The zero-order valence-corrected chi connectivity index (χ0v) is 10.9. The highest BCUT2D eigenvalue weighted by Gasteiger charge is 2.07. The molecular formula is C10H11Cl3N2O. The summed E-state index contributed by atoms with van der Waals surface area (Å²) in [6, 6.07) is 3.19. The monoisotopic (exact) mass is 280 g/mol. The molecule has 0 heterocycles. The van der Waals surface area contributed by atoms with Gasteiger partial charge in [-0.2, -0.15) is 0 Å². The average Bonchev–Trinajstić information content (AvgIpc) is 2.21. The van der Waals surface area contributed by atoms with Crippen LogP contribution in [0.5, 0.6) is 0 Å². The predicted octanol–water partition coefficient (Wildman–Crippen LogP) is 3.19. The molecule has 0 saturated heterocycles. The first-order valence-corrected chi connectivity index (χ1v) is 5.77. The van der Waals surface area contributed by atoms with Gasteiger partial charge in [0.1, 0.15) is 0 Å². The highest BCUT2D eigenvalue weighted by molar-refractivity contribution is 6.41. The molecule has 6 heteroatoms. The SMILES string of the molecule is CNC(=O)CCNc1c(Cl)cc(Cl)cc1Cl. The van der Waals surface area contributed by atoms with Gasteiger partial charge in [-0.25, -0.2) is 0 Å². The van der Waals surface area contributed by atoms with Crippen molar-refractivity contribution in [3.05, 3.63) is 27.2 Å². The lowest BCUT2D eigenvalue weighted by molar-refractivity contribution is -0.120. The number of rotatable bonds is 4. The van der Waals surface area contributed by atoms with E-state index >= 15 is 0 Å². The standard InChI is InChI=1S/C10H11Cl3N2O/c1-14-9(16)2-3-15-10-7(12)4-6(11)5-8(10)13/h4-5,15H,2-3H2,1H3,(H,14,16). The third-order valence-corrected chi connectivity index (χ3v) is 2.75. The van der Waals surface area contributed by atoms with Crippen molar-refractivity contribution >= 4 is 46.4 Å². The van der Waals surface area contributed by atoms with E-state index in [4.69, 9.17) is 34.8 Å². The van der Waals surface area contributed by atoms with Gasteiger partial charge in [-0.1, -0.05) is 34.8 Å². The molecule has 0 bridgehead atoms. The smallest absolute Gasteiger partial charge is 0.221 e. The normalized spacial score (nSPS) is 10.0. The topological polar surface area (TPSA) is 41.1 Å². The minimum atomic E-state index is -0.0475. The van der Waals surface area contributed by atoms with E-state index < -0.39 is 0 Å². The van der Waals surface area contributed by atoms with Gasteiger partial charge in [0, 0.05) is 25.0 Å². The molecule has 1 aromatic carbocycles. The van der Waals surface area contributed by atoms with Crippen molar-refractivity contribution in [3.8, 4) is 0 Å². The predicted molar refractivity (Wildman–Crippen MR) is 68.6 cm³/mol.